The fourth-order valence-corrected chi connectivity index (χ4v) is 2.37. The van der Waals surface area contributed by atoms with Crippen molar-refractivity contribution in [2.45, 2.75) is 26.9 Å². The molecule has 0 amide bonds. The zero-order valence-electron chi connectivity index (χ0n) is 13.3. The van der Waals surface area contributed by atoms with E-state index in [1.54, 1.807) is 0 Å². The first kappa shape index (κ1) is 17.2. The van der Waals surface area contributed by atoms with E-state index >= 15 is 0 Å². The molecule has 0 heterocycles. The van der Waals surface area contributed by atoms with Gasteiger partial charge in [0.2, 0.25) is 6.86 Å². The molecule has 0 saturated heterocycles. The van der Waals surface area contributed by atoms with Crippen molar-refractivity contribution in [2.24, 2.45) is 0 Å². The Labute approximate surface area is 141 Å². The van der Waals surface area contributed by atoms with Crippen LogP contribution in [-0.4, -0.2) is 12.0 Å². The van der Waals surface area contributed by atoms with E-state index in [2.05, 4.69) is 29.1 Å². The van der Waals surface area contributed by atoms with E-state index in [9.17, 15) is 4.39 Å². The van der Waals surface area contributed by atoms with Gasteiger partial charge in [-0.05, 0) is 48.8 Å². The van der Waals surface area contributed by atoms with Crippen LogP contribution < -0.4 is 10.1 Å². The molecule has 0 aliphatic rings. The fourth-order valence-electron chi connectivity index (χ4n) is 2.21. The number of nitrogens with one attached hydrogen (secondary N) is 1. The standard InChI is InChI=1S/C18H20FNO2S/c1-3-14-8-9-17(13(2)10-14)21-11-15-6-4-5-7-16(15)20-18(23)22-12-19/h4-10H,3,11-12H2,1-2H3,(H,20,23). The van der Waals surface area contributed by atoms with Crippen LogP contribution in [0.3, 0.4) is 0 Å². The van der Waals surface area contributed by atoms with Gasteiger partial charge in [-0.2, -0.15) is 0 Å². The molecular weight excluding hydrogens is 313 g/mol. The summed E-state index contributed by atoms with van der Waals surface area (Å²) in [5, 5.41) is 2.87. The monoisotopic (exact) mass is 333 g/mol. The molecule has 0 aliphatic heterocycles. The van der Waals surface area contributed by atoms with Gasteiger partial charge in [0.1, 0.15) is 12.4 Å². The second-order valence-corrected chi connectivity index (χ2v) is 5.44. The second-order valence-electron chi connectivity index (χ2n) is 5.07. The Morgan fingerprint density at radius 1 is 1.22 bits per heavy atom. The molecule has 5 heteroatoms. The summed E-state index contributed by atoms with van der Waals surface area (Å²) < 4.78 is 22.7. The molecule has 1 N–H and O–H groups in total. The Hall–Kier alpha value is -2.14. The smallest absolute Gasteiger partial charge is 0.263 e. The number of ether oxygens (including phenoxy) is 2. The number of hydrogen-bond donors (Lipinski definition) is 1. The minimum Gasteiger partial charge on any atom is -0.489 e. The molecule has 0 saturated carbocycles. The van der Waals surface area contributed by atoms with Gasteiger partial charge in [0.25, 0.3) is 5.17 Å². The van der Waals surface area contributed by atoms with Crippen molar-refractivity contribution in [3.05, 3.63) is 59.2 Å². The lowest BCUT2D eigenvalue weighted by Crippen LogP contribution is -2.14. The molecule has 0 unspecified atom stereocenters. The van der Waals surface area contributed by atoms with Gasteiger partial charge >= 0.3 is 0 Å². The average molecular weight is 333 g/mol. The molecule has 2 aromatic carbocycles. The first-order valence-corrected chi connectivity index (χ1v) is 7.84. The minimum absolute atomic E-state index is 0.00318. The fraction of sp³-hybridized carbons (Fsp3) is 0.278. The summed E-state index contributed by atoms with van der Waals surface area (Å²) in [5.74, 6) is 0.847. The van der Waals surface area contributed by atoms with Gasteiger partial charge in [-0.15, -0.1) is 0 Å². The molecule has 2 rings (SSSR count). The van der Waals surface area contributed by atoms with Crippen LogP contribution in [-0.2, 0) is 17.8 Å². The summed E-state index contributed by atoms with van der Waals surface area (Å²) in [6, 6.07) is 13.7. The van der Waals surface area contributed by atoms with Gasteiger partial charge in [-0.1, -0.05) is 37.3 Å². The molecule has 0 atom stereocenters. The average Bonchev–Trinajstić information content (AvgIpc) is 2.55. The Bertz CT molecular complexity index is 676. The third-order valence-electron chi connectivity index (χ3n) is 3.47. The maximum absolute atomic E-state index is 12.1. The van der Waals surface area contributed by atoms with E-state index in [1.165, 1.54) is 5.56 Å². The summed E-state index contributed by atoms with van der Waals surface area (Å²) in [4.78, 5) is 0. The second kappa shape index (κ2) is 8.48. The minimum atomic E-state index is -0.951. The third kappa shape index (κ3) is 4.93. The lowest BCUT2D eigenvalue weighted by molar-refractivity contribution is 0.184. The molecule has 0 aliphatic carbocycles. The number of anilines is 1. The van der Waals surface area contributed by atoms with E-state index in [0.29, 0.717) is 6.61 Å². The summed E-state index contributed by atoms with van der Waals surface area (Å²) in [6.07, 6.45) is 1.000. The summed E-state index contributed by atoms with van der Waals surface area (Å²) in [5.41, 5.74) is 4.04. The Kier molecular flexibility index (Phi) is 6.35. The zero-order chi connectivity index (χ0) is 16.7. The van der Waals surface area contributed by atoms with E-state index in [4.69, 9.17) is 17.0 Å². The van der Waals surface area contributed by atoms with E-state index in [0.717, 1.165) is 29.0 Å². The highest BCUT2D eigenvalue weighted by atomic mass is 32.1. The number of para-hydroxylation sites is 1. The zero-order valence-corrected chi connectivity index (χ0v) is 14.1. The SMILES string of the molecule is CCc1ccc(OCc2ccccc2NC(=S)OCF)c(C)c1. The molecule has 23 heavy (non-hydrogen) atoms. The lowest BCUT2D eigenvalue weighted by atomic mass is 10.1. The van der Waals surface area contributed by atoms with Crippen LogP contribution in [0.5, 0.6) is 5.75 Å². The van der Waals surface area contributed by atoms with Crippen molar-refractivity contribution < 1.29 is 13.9 Å². The van der Waals surface area contributed by atoms with Crippen LogP contribution in [0.25, 0.3) is 0 Å². The number of benzene rings is 2. The molecule has 2 aromatic rings. The predicted octanol–water partition coefficient (Wildman–Crippen LogP) is 4.78. The lowest BCUT2D eigenvalue weighted by Gasteiger charge is -2.14. The van der Waals surface area contributed by atoms with E-state index < -0.39 is 6.86 Å². The van der Waals surface area contributed by atoms with Crippen molar-refractivity contribution in [3.63, 3.8) is 0 Å². The van der Waals surface area contributed by atoms with Crippen molar-refractivity contribution in [1.82, 2.24) is 0 Å². The number of aryl methyl sites for hydroxylation is 2. The van der Waals surface area contributed by atoms with E-state index in [1.807, 2.05) is 37.3 Å². The largest absolute Gasteiger partial charge is 0.489 e. The number of thiocarbonyl (C=S) groups is 1. The molecule has 0 bridgehead atoms. The normalized spacial score (nSPS) is 10.2. The van der Waals surface area contributed by atoms with Gasteiger partial charge in [0, 0.05) is 11.3 Å². The summed E-state index contributed by atoms with van der Waals surface area (Å²) in [6.45, 7) is 3.59. The first-order valence-electron chi connectivity index (χ1n) is 7.44. The molecule has 0 fully saturated rings. The highest BCUT2D eigenvalue weighted by molar-refractivity contribution is 7.80. The molecule has 0 aromatic heterocycles. The topological polar surface area (TPSA) is 30.5 Å². The number of hydrogen-bond acceptors (Lipinski definition) is 3. The number of halogens is 1. The van der Waals surface area contributed by atoms with Crippen LogP contribution >= 0.6 is 12.2 Å². The van der Waals surface area contributed by atoms with Crippen LogP contribution in [0.15, 0.2) is 42.5 Å². The first-order chi connectivity index (χ1) is 11.1. The maximum atomic E-state index is 12.1. The third-order valence-corrected chi connectivity index (χ3v) is 3.69. The molecule has 0 spiro atoms. The molecule has 3 nitrogen and oxygen atoms in total. The number of rotatable bonds is 6. The van der Waals surface area contributed by atoms with Crippen molar-refractivity contribution in [3.8, 4) is 5.75 Å². The molecule has 0 radical (unpaired) electrons. The maximum Gasteiger partial charge on any atom is 0.263 e. The quantitative estimate of drug-likeness (QED) is 0.771. The Morgan fingerprint density at radius 3 is 2.70 bits per heavy atom. The van der Waals surface area contributed by atoms with Crippen molar-refractivity contribution in [1.29, 1.82) is 0 Å². The molecular formula is C18H20FNO2S. The van der Waals surface area contributed by atoms with Crippen molar-refractivity contribution >= 4 is 23.1 Å². The van der Waals surface area contributed by atoms with Crippen LogP contribution in [0.4, 0.5) is 10.1 Å². The van der Waals surface area contributed by atoms with Crippen LogP contribution in [0, 0.1) is 6.92 Å². The number of alkyl halides is 1. The van der Waals surface area contributed by atoms with E-state index in [-0.39, 0.29) is 5.17 Å². The predicted molar refractivity (Wildman–Crippen MR) is 94.6 cm³/mol. The van der Waals surface area contributed by atoms with Gasteiger partial charge in [-0.25, -0.2) is 4.39 Å². The highest BCUT2D eigenvalue weighted by Gasteiger charge is 2.07. The summed E-state index contributed by atoms with van der Waals surface area (Å²) in [7, 11) is 0. The van der Waals surface area contributed by atoms with Crippen molar-refractivity contribution in [2.75, 3.05) is 12.2 Å². The van der Waals surface area contributed by atoms with Gasteiger partial charge in [0.05, 0.1) is 0 Å². The van der Waals surface area contributed by atoms with Gasteiger partial charge in [0.15, 0.2) is 0 Å². The highest BCUT2D eigenvalue weighted by Crippen LogP contribution is 2.23. The Morgan fingerprint density at radius 2 is 2.00 bits per heavy atom. The van der Waals surface area contributed by atoms with Crippen LogP contribution in [0.1, 0.15) is 23.6 Å². The van der Waals surface area contributed by atoms with Crippen LogP contribution in [0.2, 0.25) is 0 Å². The summed E-state index contributed by atoms with van der Waals surface area (Å²) >= 11 is 4.91. The van der Waals surface area contributed by atoms with Gasteiger partial charge in [-0.3, -0.25) is 0 Å². The Balaban J connectivity index is 2.07. The van der Waals surface area contributed by atoms with Gasteiger partial charge < -0.3 is 14.8 Å². The molecule has 122 valence electrons.